The number of aryl methyl sites for hydroxylation is 1. The van der Waals surface area contributed by atoms with Gasteiger partial charge in [0.2, 0.25) is 5.82 Å². The summed E-state index contributed by atoms with van der Waals surface area (Å²) in [4.78, 5) is 15.2. The second-order valence-electron chi connectivity index (χ2n) is 5.53. The predicted molar refractivity (Wildman–Crippen MR) is 79.4 cm³/mol. The fourth-order valence-corrected chi connectivity index (χ4v) is 3.04. The summed E-state index contributed by atoms with van der Waals surface area (Å²) in [6.07, 6.45) is 2.30. The van der Waals surface area contributed by atoms with Crippen molar-refractivity contribution in [1.82, 2.24) is 9.78 Å². The van der Waals surface area contributed by atoms with Crippen LogP contribution < -0.4 is 4.90 Å². The van der Waals surface area contributed by atoms with Crippen molar-refractivity contribution < 1.29 is 10.0 Å². The molecule has 0 unspecified atom stereocenters. The smallest absolute Gasteiger partial charge is 0.331 e. The Morgan fingerprint density at radius 1 is 1.73 bits per heavy atom. The topological polar surface area (TPSA) is 133 Å². The van der Waals surface area contributed by atoms with Crippen LogP contribution in [0.2, 0.25) is 0 Å². The third-order valence-electron chi connectivity index (χ3n) is 4.30. The number of aliphatic hydroxyl groups is 1. The van der Waals surface area contributed by atoms with Gasteiger partial charge in [-0.2, -0.15) is 5.10 Å². The molecular weight excluding hydrogens is 290 g/mol. The van der Waals surface area contributed by atoms with Crippen LogP contribution >= 0.6 is 0 Å². The molecule has 1 aliphatic heterocycles. The molecule has 120 valence electrons. The highest BCUT2D eigenvalue weighted by Crippen LogP contribution is 2.36. The first-order valence-corrected chi connectivity index (χ1v) is 7.07. The molecule has 0 aromatic carbocycles. The molecule has 2 atom stereocenters. The second-order valence-corrected chi connectivity index (χ2v) is 5.53. The molecule has 1 aromatic rings. The third-order valence-corrected chi connectivity index (χ3v) is 4.30. The molecule has 2 rings (SSSR count). The molecule has 10 heteroatoms. The minimum Gasteiger partial charge on any atom is -0.389 e. The van der Waals surface area contributed by atoms with Crippen molar-refractivity contribution in [3.8, 4) is 0 Å². The van der Waals surface area contributed by atoms with Gasteiger partial charge in [0.25, 0.3) is 0 Å². The quantitative estimate of drug-likeness (QED) is 0.290. The Kier molecular flexibility index (Phi) is 4.53. The largest absolute Gasteiger partial charge is 0.389 e. The van der Waals surface area contributed by atoms with E-state index in [1.165, 1.54) is 10.9 Å². The lowest BCUT2D eigenvalue weighted by Crippen LogP contribution is -2.54. The highest BCUT2D eigenvalue weighted by molar-refractivity contribution is 5.58. The summed E-state index contributed by atoms with van der Waals surface area (Å²) >= 11 is 0. The van der Waals surface area contributed by atoms with Crippen molar-refractivity contribution in [2.24, 2.45) is 18.1 Å². The van der Waals surface area contributed by atoms with Crippen LogP contribution in [0.3, 0.4) is 0 Å². The summed E-state index contributed by atoms with van der Waals surface area (Å²) in [6.45, 7) is 2.85. The van der Waals surface area contributed by atoms with E-state index in [0.29, 0.717) is 31.7 Å². The van der Waals surface area contributed by atoms with Crippen molar-refractivity contribution >= 4 is 11.5 Å². The second kappa shape index (κ2) is 6.20. The molecule has 1 N–H and O–H groups in total. The van der Waals surface area contributed by atoms with Crippen LogP contribution in [0.5, 0.6) is 0 Å². The van der Waals surface area contributed by atoms with Crippen LogP contribution in [0.25, 0.3) is 10.4 Å². The highest BCUT2D eigenvalue weighted by Gasteiger charge is 2.42. The van der Waals surface area contributed by atoms with Crippen LogP contribution in [-0.4, -0.2) is 45.0 Å². The summed E-state index contributed by atoms with van der Waals surface area (Å²) in [7, 11) is 1.66. The molecule has 0 saturated carbocycles. The number of nitro groups is 1. The van der Waals surface area contributed by atoms with E-state index in [4.69, 9.17) is 5.53 Å². The van der Waals surface area contributed by atoms with Gasteiger partial charge in [-0.3, -0.25) is 10.1 Å². The van der Waals surface area contributed by atoms with Gasteiger partial charge in [0.05, 0.1) is 17.1 Å². The van der Waals surface area contributed by atoms with Gasteiger partial charge in [-0.15, -0.1) is 0 Å². The van der Waals surface area contributed by atoms with Gasteiger partial charge in [0.1, 0.15) is 6.20 Å². The average molecular weight is 309 g/mol. The summed E-state index contributed by atoms with van der Waals surface area (Å²) in [6, 6.07) is 0. The van der Waals surface area contributed by atoms with Crippen LogP contribution in [0.15, 0.2) is 11.3 Å². The Labute approximate surface area is 127 Å². The number of piperidine rings is 1. The standard InChI is InChI=1S/C12H19N7O3/c1-3-9-7-18(5-4-12(9,20)8-14-16-13)11-10(19(21)22)6-15-17(11)2/h6,9,20H,3-5,7-8H2,1-2H3/t9-,12-/m0/s1. The molecule has 10 nitrogen and oxygen atoms in total. The Morgan fingerprint density at radius 2 is 2.45 bits per heavy atom. The first kappa shape index (κ1) is 16.1. The molecule has 22 heavy (non-hydrogen) atoms. The van der Waals surface area contributed by atoms with Gasteiger partial charge in [-0.25, -0.2) is 4.68 Å². The van der Waals surface area contributed by atoms with Gasteiger partial charge in [0.15, 0.2) is 0 Å². The molecule has 1 fully saturated rings. The molecular formula is C12H19N7O3. The first-order valence-electron chi connectivity index (χ1n) is 7.07. The summed E-state index contributed by atoms with van der Waals surface area (Å²) in [5.41, 5.74) is 7.35. The fourth-order valence-electron chi connectivity index (χ4n) is 3.04. The maximum Gasteiger partial charge on any atom is 0.331 e. The van der Waals surface area contributed by atoms with Crippen molar-refractivity contribution in [3.05, 3.63) is 26.8 Å². The van der Waals surface area contributed by atoms with Gasteiger partial charge in [-0.1, -0.05) is 12.0 Å². The summed E-state index contributed by atoms with van der Waals surface area (Å²) < 4.78 is 1.47. The van der Waals surface area contributed by atoms with E-state index in [-0.39, 0.29) is 18.2 Å². The van der Waals surface area contributed by atoms with E-state index in [1.54, 1.807) is 7.05 Å². The van der Waals surface area contributed by atoms with Gasteiger partial charge >= 0.3 is 5.69 Å². The molecule has 0 aliphatic carbocycles. The van der Waals surface area contributed by atoms with E-state index in [0.717, 1.165) is 0 Å². The Morgan fingerprint density at radius 3 is 3.05 bits per heavy atom. The van der Waals surface area contributed by atoms with E-state index < -0.39 is 10.5 Å². The van der Waals surface area contributed by atoms with Crippen LogP contribution in [-0.2, 0) is 7.05 Å². The number of aromatic nitrogens is 2. The van der Waals surface area contributed by atoms with E-state index in [9.17, 15) is 15.2 Å². The summed E-state index contributed by atoms with van der Waals surface area (Å²) in [5, 5.41) is 29.3. The number of nitrogens with zero attached hydrogens (tertiary/aromatic N) is 7. The van der Waals surface area contributed by atoms with Gasteiger partial charge in [-0.05, 0) is 18.4 Å². The van der Waals surface area contributed by atoms with E-state index in [2.05, 4.69) is 15.1 Å². The Bertz CT molecular complexity index is 610. The number of rotatable bonds is 5. The molecule has 1 aromatic heterocycles. The molecule has 0 bridgehead atoms. The SMILES string of the molecule is CC[C@H]1CN(c2c([N+](=O)[O-])cnn2C)CC[C@]1(O)CN=[N+]=[N-]. The van der Waals surface area contributed by atoms with Crippen molar-refractivity contribution in [2.75, 3.05) is 24.5 Å². The number of hydrogen-bond donors (Lipinski definition) is 1. The van der Waals surface area contributed by atoms with Crippen molar-refractivity contribution in [1.29, 1.82) is 0 Å². The molecule has 0 spiro atoms. The highest BCUT2D eigenvalue weighted by atomic mass is 16.6. The first-order chi connectivity index (χ1) is 10.4. The number of anilines is 1. The zero-order valence-corrected chi connectivity index (χ0v) is 12.6. The molecule has 2 heterocycles. The van der Waals surface area contributed by atoms with Crippen molar-refractivity contribution in [3.63, 3.8) is 0 Å². The fraction of sp³-hybridized carbons (Fsp3) is 0.750. The van der Waals surface area contributed by atoms with Crippen LogP contribution in [0, 0.1) is 16.0 Å². The zero-order chi connectivity index (χ0) is 16.3. The van der Waals surface area contributed by atoms with Gasteiger partial charge < -0.3 is 10.0 Å². The average Bonchev–Trinajstić information content (AvgIpc) is 2.88. The summed E-state index contributed by atoms with van der Waals surface area (Å²) in [5.74, 6) is 0.301. The lowest BCUT2D eigenvalue weighted by Gasteiger charge is -2.44. The molecule has 0 radical (unpaired) electrons. The van der Waals surface area contributed by atoms with Crippen molar-refractivity contribution in [2.45, 2.75) is 25.4 Å². The zero-order valence-electron chi connectivity index (χ0n) is 12.6. The predicted octanol–water partition coefficient (Wildman–Crippen LogP) is 1.61. The normalized spacial score (nSPS) is 24.9. The van der Waals surface area contributed by atoms with E-state index >= 15 is 0 Å². The Hall–Kier alpha value is -2.32. The lowest BCUT2D eigenvalue weighted by atomic mass is 9.79. The molecule has 1 aliphatic rings. The van der Waals surface area contributed by atoms with Crippen LogP contribution in [0.4, 0.5) is 11.5 Å². The minimum absolute atomic E-state index is 0.0172. The minimum atomic E-state index is -1.06. The monoisotopic (exact) mass is 309 g/mol. The maximum absolute atomic E-state index is 11.1. The van der Waals surface area contributed by atoms with Crippen LogP contribution in [0.1, 0.15) is 19.8 Å². The number of azide groups is 1. The van der Waals surface area contributed by atoms with Gasteiger partial charge in [0, 0.05) is 31.0 Å². The third kappa shape index (κ3) is 2.83. The lowest BCUT2D eigenvalue weighted by molar-refractivity contribution is -0.384. The number of hydrogen-bond acceptors (Lipinski definition) is 6. The maximum atomic E-state index is 11.1. The Balaban J connectivity index is 2.26. The molecule has 1 saturated heterocycles. The van der Waals surface area contributed by atoms with E-state index in [1.807, 2.05) is 11.8 Å². The molecule has 0 amide bonds.